The molecule has 4 nitrogen and oxygen atoms in total. The molecule has 0 atom stereocenters. The minimum atomic E-state index is -0.0260. The highest BCUT2D eigenvalue weighted by atomic mass is 35.5. The van der Waals surface area contributed by atoms with Crippen LogP contribution in [-0.2, 0) is 18.6 Å². The first kappa shape index (κ1) is 13.9. The summed E-state index contributed by atoms with van der Waals surface area (Å²) < 4.78 is 0. The SMILES string of the molecule is O=c1[nH]c(SCc2c(Cl)cncc2Cl)nc2c1CCC2. The number of hydrogen-bond acceptors (Lipinski definition) is 4. The van der Waals surface area contributed by atoms with E-state index in [-0.39, 0.29) is 5.56 Å². The fourth-order valence-electron chi connectivity index (χ4n) is 2.20. The van der Waals surface area contributed by atoms with Crippen LogP contribution in [0.1, 0.15) is 23.2 Å². The number of nitrogens with zero attached hydrogens (tertiary/aromatic N) is 2. The number of H-pyrrole nitrogens is 1. The van der Waals surface area contributed by atoms with Crippen LogP contribution in [0.5, 0.6) is 0 Å². The molecule has 0 saturated heterocycles. The first-order chi connectivity index (χ1) is 9.65. The number of aryl methyl sites for hydroxylation is 1. The molecule has 0 saturated carbocycles. The van der Waals surface area contributed by atoms with Crippen molar-refractivity contribution in [1.29, 1.82) is 0 Å². The number of fused-ring (bicyclic) bond motifs is 1. The summed E-state index contributed by atoms with van der Waals surface area (Å²) in [5.74, 6) is 0.544. The van der Waals surface area contributed by atoms with Crippen LogP contribution in [-0.4, -0.2) is 15.0 Å². The summed E-state index contributed by atoms with van der Waals surface area (Å²) in [5.41, 5.74) is 2.52. The van der Waals surface area contributed by atoms with Gasteiger partial charge in [-0.25, -0.2) is 4.98 Å². The van der Waals surface area contributed by atoms with Crippen molar-refractivity contribution in [2.45, 2.75) is 30.2 Å². The molecule has 7 heteroatoms. The van der Waals surface area contributed by atoms with Crippen LogP contribution < -0.4 is 5.56 Å². The molecule has 104 valence electrons. The summed E-state index contributed by atoms with van der Waals surface area (Å²) >= 11 is 13.6. The van der Waals surface area contributed by atoms with Crippen molar-refractivity contribution in [3.05, 3.63) is 49.6 Å². The fraction of sp³-hybridized carbons (Fsp3) is 0.308. The molecule has 1 N–H and O–H groups in total. The van der Waals surface area contributed by atoms with Crippen LogP contribution in [0.2, 0.25) is 10.0 Å². The third kappa shape index (κ3) is 2.71. The third-order valence-electron chi connectivity index (χ3n) is 3.23. The Hall–Kier alpha value is -1.04. The number of rotatable bonds is 3. The zero-order valence-electron chi connectivity index (χ0n) is 10.4. The van der Waals surface area contributed by atoms with Gasteiger partial charge >= 0.3 is 0 Å². The molecule has 1 aliphatic carbocycles. The molecule has 1 aliphatic rings. The third-order valence-corrected chi connectivity index (χ3v) is 4.78. The van der Waals surface area contributed by atoms with Gasteiger partial charge in [-0.3, -0.25) is 9.78 Å². The van der Waals surface area contributed by atoms with Crippen molar-refractivity contribution < 1.29 is 0 Å². The van der Waals surface area contributed by atoms with E-state index in [1.165, 1.54) is 11.8 Å². The molecule has 0 aromatic carbocycles. The average molecular weight is 328 g/mol. The van der Waals surface area contributed by atoms with E-state index in [1.807, 2.05) is 0 Å². The van der Waals surface area contributed by atoms with Crippen LogP contribution >= 0.6 is 35.0 Å². The monoisotopic (exact) mass is 327 g/mol. The van der Waals surface area contributed by atoms with Crippen LogP contribution in [0.25, 0.3) is 0 Å². The highest BCUT2D eigenvalue weighted by molar-refractivity contribution is 7.98. The lowest BCUT2D eigenvalue weighted by molar-refractivity contribution is 0.869. The van der Waals surface area contributed by atoms with Gasteiger partial charge in [0.2, 0.25) is 0 Å². The Kier molecular flexibility index (Phi) is 4.01. The standard InChI is InChI=1S/C13H11Cl2N3OS/c14-9-4-16-5-10(15)8(9)6-20-13-17-11-3-1-2-7(11)12(19)18-13/h4-5H,1-3,6H2,(H,17,18,19). The number of thioether (sulfide) groups is 1. The lowest BCUT2D eigenvalue weighted by Gasteiger charge is -2.06. The first-order valence-corrected chi connectivity index (χ1v) is 7.92. The predicted octanol–water partition coefficient (Wildman–Crippen LogP) is 3.25. The Morgan fingerprint density at radius 1 is 1.25 bits per heavy atom. The van der Waals surface area contributed by atoms with Crippen molar-refractivity contribution >= 4 is 35.0 Å². The van der Waals surface area contributed by atoms with E-state index in [4.69, 9.17) is 23.2 Å². The van der Waals surface area contributed by atoms with E-state index in [9.17, 15) is 4.79 Å². The van der Waals surface area contributed by atoms with E-state index in [1.54, 1.807) is 12.4 Å². The lowest BCUT2D eigenvalue weighted by Crippen LogP contribution is -2.14. The Labute approximate surface area is 129 Å². The second-order valence-electron chi connectivity index (χ2n) is 4.52. The first-order valence-electron chi connectivity index (χ1n) is 6.18. The molecule has 0 unspecified atom stereocenters. The minimum absolute atomic E-state index is 0.0260. The summed E-state index contributed by atoms with van der Waals surface area (Å²) in [6.07, 6.45) is 5.82. The highest BCUT2D eigenvalue weighted by Gasteiger charge is 2.17. The van der Waals surface area contributed by atoms with E-state index >= 15 is 0 Å². The molecule has 3 rings (SSSR count). The maximum atomic E-state index is 11.9. The second-order valence-corrected chi connectivity index (χ2v) is 6.30. The van der Waals surface area contributed by atoms with Gasteiger partial charge in [-0.2, -0.15) is 0 Å². The number of halogens is 2. The molecule has 2 aromatic heterocycles. The quantitative estimate of drug-likeness (QED) is 0.694. The van der Waals surface area contributed by atoms with Crippen molar-refractivity contribution in [2.24, 2.45) is 0 Å². The molecule has 0 radical (unpaired) electrons. The molecule has 0 aliphatic heterocycles. The zero-order valence-corrected chi connectivity index (χ0v) is 12.8. The maximum absolute atomic E-state index is 11.9. The summed E-state index contributed by atoms with van der Waals surface area (Å²) in [6.45, 7) is 0. The largest absolute Gasteiger partial charge is 0.301 e. The van der Waals surface area contributed by atoms with Gasteiger partial charge in [-0.05, 0) is 19.3 Å². The van der Waals surface area contributed by atoms with E-state index in [2.05, 4.69) is 15.0 Å². The number of hydrogen-bond donors (Lipinski definition) is 1. The summed E-state index contributed by atoms with van der Waals surface area (Å²) in [6, 6.07) is 0. The van der Waals surface area contributed by atoms with Gasteiger partial charge in [0.25, 0.3) is 5.56 Å². The average Bonchev–Trinajstić information content (AvgIpc) is 2.87. The van der Waals surface area contributed by atoms with Gasteiger partial charge in [0.05, 0.1) is 15.7 Å². The van der Waals surface area contributed by atoms with Crippen LogP contribution in [0.15, 0.2) is 22.3 Å². The molecule has 2 heterocycles. The normalized spacial score (nSPS) is 13.5. The second kappa shape index (κ2) is 5.76. The lowest BCUT2D eigenvalue weighted by atomic mass is 10.3. The smallest absolute Gasteiger partial charge is 0.254 e. The topological polar surface area (TPSA) is 58.6 Å². The summed E-state index contributed by atoms with van der Waals surface area (Å²) in [5, 5.41) is 1.65. The predicted molar refractivity (Wildman–Crippen MR) is 80.7 cm³/mol. The van der Waals surface area contributed by atoms with Gasteiger partial charge in [0, 0.05) is 29.3 Å². The Morgan fingerprint density at radius 2 is 2.00 bits per heavy atom. The molecule has 0 spiro atoms. The number of nitrogens with one attached hydrogen (secondary N) is 1. The van der Waals surface area contributed by atoms with E-state index in [0.29, 0.717) is 21.0 Å². The molecular weight excluding hydrogens is 317 g/mol. The zero-order chi connectivity index (χ0) is 14.1. The van der Waals surface area contributed by atoms with Crippen molar-refractivity contribution in [2.75, 3.05) is 0 Å². The molecule has 0 fully saturated rings. The maximum Gasteiger partial charge on any atom is 0.254 e. The number of pyridine rings is 1. The number of aromatic amines is 1. The molecule has 0 amide bonds. The Bertz CT molecular complexity index is 697. The molecule has 2 aromatic rings. The van der Waals surface area contributed by atoms with E-state index in [0.717, 1.165) is 36.1 Å². The van der Waals surface area contributed by atoms with Gasteiger partial charge < -0.3 is 4.98 Å². The van der Waals surface area contributed by atoms with Gasteiger partial charge in [0.15, 0.2) is 5.16 Å². The molecular formula is C13H11Cl2N3OS. The van der Waals surface area contributed by atoms with E-state index < -0.39 is 0 Å². The van der Waals surface area contributed by atoms with Crippen LogP contribution in [0.4, 0.5) is 0 Å². The van der Waals surface area contributed by atoms with Crippen molar-refractivity contribution in [3.8, 4) is 0 Å². The van der Waals surface area contributed by atoms with Gasteiger partial charge in [0.1, 0.15) is 0 Å². The summed E-state index contributed by atoms with van der Waals surface area (Å²) in [7, 11) is 0. The van der Waals surface area contributed by atoms with Crippen molar-refractivity contribution in [3.63, 3.8) is 0 Å². The fourth-order valence-corrected chi connectivity index (χ4v) is 3.79. The highest BCUT2D eigenvalue weighted by Crippen LogP contribution is 2.29. The van der Waals surface area contributed by atoms with Gasteiger partial charge in [-0.1, -0.05) is 35.0 Å². The minimum Gasteiger partial charge on any atom is -0.301 e. The summed E-state index contributed by atoms with van der Waals surface area (Å²) in [4.78, 5) is 23.1. The molecule has 0 bridgehead atoms. The van der Waals surface area contributed by atoms with Crippen LogP contribution in [0.3, 0.4) is 0 Å². The van der Waals surface area contributed by atoms with Crippen molar-refractivity contribution in [1.82, 2.24) is 15.0 Å². The van der Waals surface area contributed by atoms with Crippen LogP contribution in [0, 0.1) is 0 Å². The van der Waals surface area contributed by atoms with Gasteiger partial charge in [-0.15, -0.1) is 0 Å². The Balaban J connectivity index is 1.83. The number of aromatic nitrogens is 3. The molecule has 20 heavy (non-hydrogen) atoms. The Morgan fingerprint density at radius 3 is 2.75 bits per heavy atom.